The summed E-state index contributed by atoms with van der Waals surface area (Å²) in [5.41, 5.74) is 0. The number of amides is 1. The minimum Gasteiger partial charge on any atom is -0.456 e. The third kappa shape index (κ3) is 3.48. The Morgan fingerprint density at radius 1 is 1.56 bits per heavy atom. The maximum Gasteiger partial charge on any atom is 0.289 e. The Labute approximate surface area is 97.0 Å². The average molecular weight is 252 g/mol. The first kappa shape index (κ1) is 13.0. The molecule has 0 aliphatic heterocycles. The molecular formula is C10H12ClF2NO2. The van der Waals surface area contributed by atoms with E-state index in [4.69, 9.17) is 16.0 Å². The van der Waals surface area contributed by atoms with Gasteiger partial charge in [0.05, 0.1) is 6.54 Å². The van der Waals surface area contributed by atoms with E-state index in [0.29, 0.717) is 5.76 Å². The van der Waals surface area contributed by atoms with Crippen molar-refractivity contribution in [3.8, 4) is 0 Å². The van der Waals surface area contributed by atoms with Crippen LogP contribution in [0.5, 0.6) is 0 Å². The van der Waals surface area contributed by atoms with Gasteiger partial charge >= 0.3 is 0 Å². The van der Waals surface area contributed by atoms with Crippen molar-refractivity contribution in [2.45, 2.75) is 13.3 Å². The number of hydrogen-bond donors (Lipinski definition) is 0. The fraction of sp³-hybridized carbons (Fsp3) is 0.500. The second-order valence-corrected chi connectivity index (χ2v) is 3.62. The number of hydrogen-bond acceptors (Lipinski definition) is 2. The van der Waals surface area contributed by atoms with E-state index in [2.05, 4.69) is 0 Å². The van der Waals surface area contributed by atoms with Crippen LogP contribution in [0.2, 0.25) is 0 Å². The SMILES string of the molecule is Cc1ccc(C(=O)N(CCCl)CC(F)F)o1. The molecule has 0 unspecified atom stereocenters. The lowest BCUT2D eigenvalue weighted by molar-refractivity contribution is 0.0543. The van der Waals surface area contributed by atoms with Crippen molar-refractivity contribution >= 4 is 17.5 Å². The van der Waals surface area contributed by atoms with Crippen LogP contribution in [0.15, 0.2) is 16.5 Å². The highest BCUT2D eigenvalue weighted by Crippen LogP contribution is 2.11. The molecule has 0 saturated carbocycles. The van der Waals surface area contributed by atoms with Crippen LogP contribution in [0, 0.1) is 6.92 Å². The van der Waals surface area contributed by atoms with Gasteiger partial charge < -0.3 is 9.32 Å². The van der Waals surface area contributed by atoms with Crippen LogP contribution in [0.1, 0.15) is 16.3 Å². The van der Waals surface area contributed by atoms with Crippen LogP contribution in [0.4, 0.5) is 8.78 Å². The number of halogens is 3. The second kappa shape index (κ2) is 5.84. The number of rotatable bonds is 5. The van der Waals surface area contributed by atoms with E-state index in [-0.39, 0.29) is 18.2 Å². The van der Waals surface area contributed by atoms with E-state index in [1.54, 1.807) is 13.0 Å². The summed E-state index contributed by atoms with van der Waals surface area (Å²) >= 11 is 5.45. The molecule has 6 heteroatoms. The van der Waals surface area contributed by atoms with Gasteiger partial charge in [-0.1, -0.05) is 0 Å². The van der Waals surface area contributed by atoms with Crippen molar-refractivity contribution < 1.29 is 18.0 Å². The molecule has 0 spiro atoms. The zero-order chi connectivity index (χ0) is 12.1. The third-order valence-electron chi connectivity index (χ3n) is 1.95. The van der Waals surface area contributed by atoms with Crippen LogP contribution >= 0.6 is 11.6 Å². The molecule has 90 valence electrons. The summed E-state index contributed by atoms with van der Waals surface area (Å²) in [6.45, 7) is 1.12. The molecule has 0 radical (unpaired) electrons. The number of carbonyl (C=O) groups is 1. The smallest absolute Gasteiger partial charge is 0.289 e. The molecule has 1 heterocycles. The van der Waals surface area contributed by atoms with Crippen molar-refractivity contribution in [2.75, 3.05) is 19.0 Å². The summed E-state index contributed by atoms with van der Waals surface area (Å²) < 4.78 is 29.5. The van der Waals surface area contributed by atoms with Gasteiger partial charge in [-0.05, 0) is 19.1 Å². The maximum atomic E-state index is 12.2. The molecule has 0 aromatic carbocycles. The Bertz CT molecular complexity index is 354. The Kier molecular flexibility index (Phi) is 4.73. The first-order valence-electron chi connectivity index (χ1n) is 4.74. The summed E-state index contributed by atoms with van der Waals surface area (Å²) in [5, 5.41) is 0. The lowest BCUT2D eigenvalue weighted by Crippen LogP contribution is -2.36. The normalized spacial score (nSPS) is 10.8. The molecule has 0 saturated heterocycles. The molecule has 1 amide bonds. The fourth-order valence-corrected chi connectivity index (χ4v) is 1.45. The predicted molar refractivity (Wildman–Crippen MR) is 56.1 cm³/mol. The van der Waals surface area contributed by atoms with Gasteiger partial charge in [-0.3, -0.25) is 4.79 Å². The Morgan fingerprint density at radius 3 is 2.69 bits per heavy atom. The molecule has 0 fully saturated rings. The van der Waals surface area contributed by atoms with Gasteiger partial charge in [0.1, 0.15) is 5.76 Å². The molecule has 16 heavy (non-hydrogen) atoms. The molecule has 0 bridgehead atoms. The van der Waals surface area contributed by atoms with Gasteiger partial charge in [-0.15, -0.1) is 11.6 Å². The van der Waals surface area contributed by atoms with Crippen molar-refractivity contribution in [3.63, 3.8) is 0 Å². The van der Waals surface area contributed by atoms with E-state index in [9.17, 15) is 13.6 Å². The number of nitrogens with zero attached hydrogens (tertiary/aromatic N) is 1. The minimum atomic E-state index is -2.58. The molecule has 0 N–H and O–H groups in total. The van der Waals surface area contributed by atoms with Gasteiger partial charge in [0.25, 0.3) is 12.3 Å². The van der Waals surface area contributed by atoms with E-state index in [1.165, 1.54) is 6.07 Å². The van der Waals surface area contributed by atoms with Crippen molar-refractivity contribution in [1.82, 2.24) is 4.90 Å². The van der Waals surface area contributed by atoms with E-state index in [0.717, 1.165) is 4.90 Å². The van der Waals surface area contributed by atoms with Crippen LogP contribution in [-0.4, -0.2) is 36.2 Å². The Balaban J connectivity index is 2.74. The second-order valence-electron chi connectivity index (χ2n) is 3.24. The number of aryl methyl sites for hydroxylation is 1. The lowest BCUT2D eigenvalue weighted by Gasteiger charge is -2.19. The highest BCUT2D eigenvalue weighted by molar-refractivity contribution is 6.18. The largest absolute Gasteiger partial charge is 0.456 e. The summed E-state index contributed by atoms with van der Waals surface area (Å²) in [6, 6.07) is 3.07. The highest BCUT2D eigenvalue weighted by Gasteiger charge is 2.21. The van der Waals surface area contributed by atoms with E-state index >= 15 is 0 Å². The fourth-order valence-electron chi connectivity index (χ4n) is 1.25. The molecule has 0 aliphatic carbocycles. The molecule has 0 aliphatic rings. The number of alkyl halides is 3. The van der Waals surface area contributed by atoms with Gasteiger partial charge in [0.15, 0.2) is 5.76 Å². The highest BCUT2D eigenvalue weighted by atomic mass is 35.5. The first-order chi connectivity index (χ1) is 7.54. The monoisotopic (exact) mass is 251 g/mol. The van der Waals surface area contributed by atoms with Crippen LogP contribution in [0.3, 0.4) is 0 Å². The molecular weight excluding hydrogens is 240 g/mol. The molecule has 3 nitrogen and oxygen atoms in total. The summed E-state index contributed by atoms with van der Waals surface area (Å²) in [7, 11) is 0. The predicted octanol–water partition coefficient (Wildman–Crippen LogP) is 2.53. The Morgan fingerprint density at radius 2 is 2.25 bits per heavy atom. The zero-order valence-corrected chi connectivity index (χ0v) is 9.51. The molecule has 1 aromatic heterocycles. The number of carbonyl (C=O) groups excluding carboxylic acids is 1. The van der Waals surface area contributed by atoms with Crippen LogP contribution in [-0.2, 0) is 0 Å². The minimum absolute atomic E-state index is 0.0586. The Hall–Kier alpha value is -1.10. The van der Waals surface area contributed by atoms with E-state index < -0.39 is 18.9 Å². The van der Waals surface area contributed by atoms with Gasteiger partial charge in [0, 0.05) is 12.4 Å². The molecule has 1 rings (SSSR count). The molecule has 1 aromatic rings. The summed E-state index contributed by atoms with van der Waals surface area (Å²) in [6.07, 6.45) is -2.58. The van der Waals surface area contributed by atoms with Gasteiger partial charge in [-0.25, -0.2) is 8.78 Å². The quantitative estimate of drug-likeness (QED) is 0.754. The summed E-state index contributed by atoms with van der Waals surface area (Å²) in [5.74, 6) is 0.168. The lowest BCUT2D eigenvalue weighted by atomic mass is 10.3. The van der Waals surface area contributed by atoms with Crippen LogP contribution in [0.25, 0.3) is 0 Å². The van der Waals surface area contributed by atoms with Crippen molar-refractivity contribution in [3.05, 3.63) is 23.7 Å². The molecule has 0 atom stereocenters. The first-order valence-corrected chi connectivity index (χ1v) is 5.28. The number of furan rings is 1. The standard InChI is InChI=1S/C10H12ClF2NO2/c1-7-2-3-8(16-7)10(15)14(5-4-11)6-9(12)13/h2-3,9H,4-6H2,1H3. The maximum absolute atomic E-state index is 12.2. The van der Waals surface area contributed by atoms with Crippen molar-refractivity contribution in [1.29, 1.82) is 0 Å². The van der Waals surface area contributed by atoms with E-state index in [1.807, 2.05) is 0 Å². The summed E-state index contributed by atoms with van der Waals surface area (Å²) in [4.78, 5) is 12.7. The zero-order valence-electron chi connectivity index (χ0n) is 8.75. The van der Waals surface area contributed by atoms with Crippen LogP contribution < -0.4 is 0 Å². The van der Waals surface area contributed by atoms with Gasteiger partial charge in [0.2, 0.25) is 0 Å². The average Bonchev–Trinajstić information content (AvgIpc) is 2.62. The van der Waals surface area contributed by atoms with Gasteiger partial charge in [-0.2, -0.15) is 0 Å². The topological polar surface area (TPSA) is 33.5 Å². The third-order valence-corrected chi connectivity index (χ3v) is 2.12. The van der Waals surface area contributed by atoms with Crippen molar-refractivity contribution in [2.24, 2.45) is 0 Å².